The second kappa shape index (κ2) is 32.1. The van der Waals surface area contributed by atoms with Gasteiger partial charge in [0.15, 0.2) is 0 Å². The van der Waals surface area contributed by atoms with Crippen molar-refractivity contribution in [3.8, 4) is 5.75 Å². The Kier molecular flexibility index (Phi) is 27.3. The fourth-order valence-electron chi connectivity index (χ4n) is 7.46. The lowest BCUT2D eigenvalue weighted by Crippen LogP contribution is -2.60. The Labute approximate surface area is 431 Å². The number of nitrogens with zero attached hydrogens (tertiary/aromatic N) is 1. The van der Waals surface area contributed by atoms with E-state index >= 15 is 0 Å². The number of phenolic OH excluding ortho intramolecular Hbond substituents is 1. The molecule has 0 bridgehead atoms. The molecule has 412 valence electrons. The van der Waals surface area contributed by atoms with Crippen LogP contribution in [0.1, 0.15) is 111 Å². The topological polar surface area (TPSA) is 408 Å². The summed E-state index contributed by atoms with van der Waals surface area (Å²) in [4.78, 5) is 139. The fraction of sp³-hybridized carbons (Fsp3) is 0.612. The van der Waals surface area contributed by atoms with Crippen molar-refractivity contribution < 1.29 is 63.3 Å². The number of benzene rings is 1. The van der Waals surface area contributed by atoms with Crippen molar-refractivity contribution in [2.75, 3.05) is 13.1 Å². The molecule has 1 aromatic heterocycles. The maximum absolute atomic E-state index is 14.3. The third-order valence-corrected chi connectivity index (χ3v) is 11.9. The first-order valence-electron chi connectivity index (χ1n) is 24.9. The van der Waals surface area contributed by atoms with Gasteiger partial charge in [-0.05, 0) is 81.0 Å². The molecule has 16 N–H and O–H groups in total. The zero-order chi connectivity index (χ0) is 55.7. The number of carbonyl (C=O) groups is 10. The number of unbranched alkanes of at least 4 members (excludes halogenated alkanes) is 1. The minimum absolute atomic E-state index is 0.00605. The van der Waals surface area contributed by atoms with Crippen molar-refractivity contribution >= 4 is 59.2 Å². The van der Waals surface area contributed by atoms with E-state index in [2.05, 4.69) is 52.5 Å². The quantitative estimate of drug-likeness (QED) is 0.0373. The Bertz CT molecular complexity index is 2170. The summed E-state index contributed by atoms with van der Waals surface area (Å²) in [5.74, 6) is -9.88. The van der Waals surface area contributed by atoms with Crippen LogP contribution < -0.4 is 54.0 Å². The minimum Gasteiger partial charge on any atom is -0.508 e. The van der Waals surface area contributed by atoms with Crippen LogP contribution in [0.15, 0.2) is 36.8 Å². The highest BCUT2D eigenvalue weighted by atomic mass is 16.4. The first kappa shape index (κ1) is 63.0. The lowest BCUT2D eigenvalue weighted by molar-refractivity contribution is -0.143. The monoisotopic (exact) mass is 1040 g/mol. The smallest absolute Gasteiger partial charge is 0.326 e. The number of nitrogens with two attached hydrogens (primary N) is 2. The number of carboxylic acids is 2. The van der Waals surface area contributed by atoms with Gasteiger partial charge >= 0.3 is 11.9 Å². The van der Waals surface area contributed by atoms with Gasteiger partial charge in [0.2, 0.25) is 47.3 Å². The highest BCUT2D eigenvalue weighted by molar-refractivity contribution is 5.97. The molecule has 0 aliphatic heterocycles. The third kappa shape index (κ3) is 23.2. The summed E-state index contributed by atoms with van der Waals surface area (Å²) in [5, 5.41) is 49.4. The molecule has 0 radical (unpaired) electrons. The van der Waals surface area contributed by atoms with E-state index in [1.807, 2.05) is 6.92 Å². The van der Waals surface area contributed by atoms with Gasteiger partial charge in [0.1, 0.15) is 48.0 Å². The molecule has 1 aromatic carbocycles. The maximum Gasteiger partial charge on any atom is 0.326 e. The third-order valence-electron chi connectivity index (χ3n) is 11.9. The number of aromatic amines is 1. The Balaban J connectivity index is 2.34. The van der Waals surface area contributed by atoms with Crippen LogP contribution in [0.2, 0.25) is 0 Å². The molecule has 0 fully saturated rings. The van der Waals surface area contributed by atoms with Crippen LogP contribution in [-0.2, 0) is 60.8 Å². The number of aromatic nitrogens is 2. The maximum atomic E-state index is 14.3. The number of hydrogen-bond donors (Lipinski definition) is 14. The van der Waals surface area contributed by atoms with Crippen molar-refractivity contribution in [3.63, 3.8) is 0 Å². The number of amides is 8. The molecule has 9 atom stereocenters. The van der Waals surface area contributed by atoms with E-state index in [9.17, 15) is 63.3 Å². The van der Waals surface area contributed by atoms with Crippen molar-refractivity contribution in [1.82, 2.24) is 52.5 Å². The molecular formula is C49H78N12O13. The zero-order valence-corrected chi connectivity index (χ0v) is 43.3. The van der Waals surface area contributed by atoms with Gasteiger partial charge in [-0.1, -0.05) is 66.5 Å². The molecule has 0 saturated heterocycles. The van der Waals surface area contributed by atoms with E-state index in [1.54, 1.807) is 34.6 Å². The van der Waals surface area contributed by atoms with Crippen LogP contribution in [0.4, 0.5) is 0 Å². The molecule has 0 saturated carbocycles. The molecular weight excluding hydrogens is 965 g/mol. The first-order chi connectivity index (χ1) is 34.8. The van der Waals surface area contributed by atoms with Gasteiger partial charge in [-0.15, -0.1) is 0 Å². The van der Waals surface area contributed by atoms with Crippen LogP contribution in [0, 0.1) is 17.8 Å². The number of H-pyrrole nitrogens is 1. The van der Waals surface area contributed by atoms with Gasteiger partial charge in [-0.2, -0.15) is 0 Å². The average molecular weight is 1040 g/mol. The van der Waals surface area contributed by atoms with Crippen LogP contribution in [0.5, 0.6) is 5.75 Å². The summed E-state index contributed by atoms with van der Waals surface area (Å²) in [6.07, 6.45) is 3.54. The summed E-state index contributed by atoms with van der Waals surface area (Å²) in [6, 6.07) is -4.48. The van der Waals surface area contributed by atoms with Gasteiger partial charge in [0.05, 0.1) is 18.9 Å². The van der Waals surface area contributed by atoms with Gasteiger partial charge in [0.25, 0.3) is 0 Å². The summed E-state index contributed by atoms with van der Waals surface area (Å²) < 4.78 is 0. The molecule has 2 rings (SSSR count). The highest BCUT2D eigenvalue weighted by Gasteiger charge is 2.35. The highest BCUT2D eigenvalue weighted by Crippen LogP contribution is 2.14. The Morgan fingerprint density at radius 3 is 1.74 bits per heavy atom. The largest absolute Gasteiger partial charge is 0.508 e. The second-order valence-corrected chi connectivity index (χ2v) is 19.3. The lowest BCUT2D eigenvalue weighted by atomic mass is 9.97. The van der Waals surface area contributed by atoms with Crippen molar-refractivity contribution in [1.29, 1.82) is 0 Å². The number of imidazole rings is 1. The number of aromatic hydroxyl groups is 1. The Morgan fingerprint density at radius 1 is 0.635 bits per heavy atom. The Morgan fingerprint density at radius 2 is 1.19 bits per heavy atom. The standard InChI is InChI=1S/C49H78N12O13/c1-8-28(6)41(61-43(67)33(51)11-9-10-18-50)48(72)55-29(7)42(66)53-24-39(63)56-36(21-30-12-14-32(62)15-13-30)46(70)59-37(22-31-23-52-25-54-31)47(71)58-35(19-26(2)3)45(69)57-34(16-17-40(64)65)44(68)60-38(49(73)74)20-27(4)5/h12-15,23,25-29,33-38,41,62H,8-11,16-22,24,50-51H2,1-7H3,(H,52,54)(H,53,66)(H,55,72)(H,56,63)(H,57,69)(H,58,71)(H,59,70)(H,60,68)(H,61,67)(H,64,65)(H,73,74). The van der Waals surface area contributed by atoms with E-state index in [4.69, 9.17) is 11.5 Å². The first-order valence-corrected chi connectivity index (χ1v) is 24.9. The fourth-order valence-corrected chi connectivity index (χ4v) is 7.46. The molecule has 25 nitrogen and oxygen atoms in total. The van der Waals surface area contributed by atoms with Crippen LogP contribution in [-0.4, -0.2) is 146 Å². The number of carbonyl (C=O) groups excluding carboxylic acids is 8. The molecule has 0 aliphatic rings. The van der Waals surface area contributed by atoms with E-state index in [-0.39, 0.29) is 49.2 Å². The lowest BCUT2D eigenvalue weighted by Gasteiger charge is -2.28. The predicted octanol–water partition coefficient (Wildman–Crippen LogP) is -1.03. The second-order valence-electron chi connectivity index (χ2n) is 19.3. The SMILES string of the molecule is CCC(C)C(NC(=O)C(N)CCCCN)C(=O)NC(C)C(=O)NCC(=O)NC(Cc1ccc(O)cc1)C(=O)NC(Cc1cnc[nH]1)C(=O)NC(CC(C)C)C(=O)NC(CCC(=O)O)C(=O)NC(CC(C)C)C(=O)O. The number of aliphatic carboxylic acids is 2. The zero-order valence-electron chi connectivity index (χ0n) is 43.3. The number of carboxylic acid groups (broad SMARTS) is 2. The number of nitrogens with one attached hydrogen (secondary N) is 9. The summed E-state index contributed by atoms with van der Waals surface area (Å²) in [7, 11) is 0. The van der Waals surface area contributed by atoms with Gasteiger partial charge < -0.3 is 74.3 Å². The van der Waals surface area contributed by atoms with Crippen LogP contribution in [0.3, 0.4) is 0 Å². The van der Waals surface area contributed by atoms with Crippen LogP contribution in [0.25, 0.3) is 0 Å². The summed E-state index contributed by atoms with van der Waals surface area (Å²) >= 11 is 0. The molecule has 9 unspecified atom stereocenters. The molecule has 1 heterocycles. The van der Waals surface area contributed by atoms with E-state index < -0.39 is 127 Å². The number of phenols is 1. The predicted molar refractivity (Wildman–Crippen MR) is 270 cm³/mol. The van der Waals surface area contributed by atoms with Gasteiger partial charge in [0, 0.05) is 31.2 Å². The van der Waals surface area contributed by atoms with Crippen molar-refractivity contribution in [3.05, 3.63) is 48.0 Å². The minimum atomic E-state index is -1.52. The van der Waals surface area contributed by atoms with Gasteiger partial charge in [-0.3, -0.25) is 43.2 Å². The molecule has 74 heavy (non-hydrogen) atoms. The van der Waals surface area contributed by atoms with E-state index in [0.717, 1.165) is 0 Å². The molecule has 25 heteroatoms. The molecule has 2 aromatic rings. The van der Waals surface area contributed by atoms with E-state index in [1.165, 1.54) is 43.7 Å². The van der Waals surface area contributed by atoms with Crippen LogP contribution >= 0.6 is 0 Å². The molecule has 0 spiro atoms. The van der Waals surface area contributed by atoms with Crippen molar-refractivity contribution in [2.45, 2.75) is 161 Å². The van der Waals surface area contributed by atoms with Gasteiger partial charge in [-0.25, -0.2) is 9.78 Å². The summed E-state index contributed by atoms with van der Waals surface area (Å²) in [5.41, 5.74) is 12.4. The number of rotatable bonds is 34. The molecule has 0 aliphatic carbocycles. The summed E-state index contributed by atoms with van der Waals surface area (Å²) in [6.45, 7) is 11.7. The average Bonchev–Trinajstić information content (AvgIpc) is 3.85. The van der Waals surface area contributed by atoms with Crippen molar-refractivity contribution in [2.24, 2.45) is 29.2 Å². The Hall–Kier alpha value is -7.15. The normalized spacial score (nSPS) is 14.9. The number of hydrogen-bond acceptors (Lipinski definition) is 14. The van der Waals surface area contributed by atoms with E-state index in [0.29, 0.717) is 43.5 Å². The molecule has 8 amide bonds.